The minimum Gasteiger partial charge on any atom is -0.335 e. The number of rotatable bonds is 2. The van der Waals surface area contributed by atoms with Crippen LogP contribution in [0.4, 0.5) is 0 Å². The molecule has 2 aliphatic heterocycles. The highest BCUT2D eigenvalue weighted by Crippen LogP contribution is 2.29. The normalized spacial score (nSPS) is 26.9. The Morgan fingerprint density at radius 3 is 2.95 bits per heavy atom. The number of aryl methyl sites for hydroxylation is 2. The van der Waals surface area contributed by atoms with Crippen LogP contribution in [0.25, 0.3) is 0 Å². The summed E-state index contributed by atoms with van der Waals surface area (Å²) in [6, 6.07) is 0.314. The summed E-state index contributed by atoms with van der Waals surface area (Å²) in [7, 11) is 1.88. The Labute approximate surface area is 117 Å². The van der Waals surface area contributed by atoms with Gasteiger partial charge < -0.3 is 10.2 Å². The van der Waals surface area contributed by atoms with Crippen LogP contribution in [-0.4, -0.2) is 39.7 Å². The molecule has 2 unspecified atom stereocenters. The number of hydrogen-bond acceptors (Lipinski definition) is 3. The van der Waals surface area contributed by atoms with E-state index < -0.39 is 0 Å². The standard InChI is InChI=1S/C13H19ClN4O/c1-8-12(14)11(17(2)16-8)7-18-6-10-9(13(18)19)4-3-5-15-10/h9-10,15H,3-7H2,1-2H3. The first-order valence-electron chi connectivity index (χ1n) is 6.78. The number of fused-ring (bicyclic) bond motifs is 1. The zero-order valence-corrected chi connectivity index (χ0v) is 12.1. The van der Waals surface area contributed by atoms with Crippen molar-refractivity contribution < 1.29 is 4.79 Å². The number of carbonyl (C=O) groups is 1. The molecular weight excluding hydrogens is 264 g/mol. The van der Waals surface area contributed by atoms with E-state index in [1.165, 1.54) is 0 Å². The Kier molecular flexibility index (Phi) is 3.27. The summed E-state index contributed by atoms with van der Waals surface area (Å²) in [5.41, 5.74) is 1.74. The minimum absolute atomic E-state index is 0.154. The average Bonchev–Trinajstić information content (AvgIpc) is 2.83. The lowest BCUT2D eigenvalue weighted by Crippen LogP contribution is -2.41. The number of halogens is 1. The maximum absolute atomic E-state index is 12.4. The summed E-state index contributed by atoms with van der Waals surface area (Å²) in [5, 5.41) is 8.42. The van der Waals surface area contributed by atoms with Crippen LogP contribution < -0.4 is 5.32 Å². The molecule has 0 aromatic carbocycles. The van der Waals surface area contributed by atoms with E-state index >= 15 is 0 Å². The molecule has 0 radical (unpaired) electrons. The van der Waals surface area contributed by atoms with E-state index in [4.69, 9.17) is 11.6 Å². The van der Waals surface area contributed by atoms with Crippen molar-refractivity contribution in [2.75, 3.05) is 13.1 Å². The van der Waals surface area contributed by atoms with Crippen molar-refractivity contribution in [2.24, 2.45) is 13.0 Å². The first-order valence-corrected chi connectivity index (χ1v) is 7.16. The second-order valence-corrected chi connectivity index (χ2v) is 5.88. The molecule has 2 atom stereocenters. The van der Waals surface area contributed by atoms with Gasteiger partial charge in [0.05, 0.1) is 28.9 Å². The quantitative estimate of drug-likeness (QED) is 0.883. The van der Waals surface area contributed by atoms with Crippen molar-refractivity contribution in [3.63, 3.8) is 0 Å². The van der Waals surface area contributed by atoms with Crippen molar-refractivity contribution in [1.82, 2.24) is 20.0 Å². The molecule has 19 heavy (non-hydrogen) atoms. The maximum Gasteiger partial charge on any atom is 0.227 e. The lowest BCUT2D eigenvalue weighted by Gasteiger charge is -2.23. The first-order chi connectivity index (χ1) is 9.08. The van der Waals surface area contributed by atoms with Crippen LogP contribution in [0.3, 0.4) is 0 Å². The van der Waals surface area contributed by atoms with Gasteiger partial charge in [0, 0.05) is 19.6 Å². The van der Waals surface area contributed by atoms with Crippen LogP contribution in [0.2, 0.25) is 5.02 Å². The van der Waals surface area contributed by atoms with Gasteiger partial charge in [0.2, 0.25) is 5.91 Å². The Bertz CT molecular complexity index is 513. The van der Waals surface area contributed by atoms with Gasteiger partial charge in [0.25, 0.3) is 0 Å². The summed E-state index contributed by atoms with van der Waals surface area (Å²) in [6.45, 7) is 4.25. The highest BCUT2D eigenvalue weighted by Gasteiger charge is 2.41. The summed E-state index contributed by atoms with van der Waals surface area (Å²) in [6.07, 6.45) is 2.09. The Hall–Kier alpha value is -1.07. The molecule has 0 aliphatic carbocycles. The summed E-state index contributed by atoms with van der Waals surface area (Å²) >= 11 is 6.26. The largest absolute Gasteiger partial charge is 0.335 e. The molecule has 5 nitrogen and oxygen atoms in total. The highest BCUT2D eigenvalue weighted by molar-refractivity contribution is 6.31. The average molecular weight is 283 g/mol. The monoisotopic (exact) mass is 282 g/mol. The summed E-state index contributed by atoms with van der Waals surface area (Å²) in [4.78, 5) is 14.3. The number of piperidine rings is 1. The summed E-state index contributed by atoms with van der Waals surface area (Å²) < 4.78 is 1.78. The fraction of sp³-hybridized carbons (Fsp3) is 0.692. The van der Waals surface area contributed by atoms with E-state index in [2.05, 4.69) is 10.4 Å². The van der Waals surface area contributed by atoms with Gasteiger partial charge in [-0.05, 0) is 26.3 Å². The van der Waals surface area contributed by atoms with Crippen LogP contribution in [0, 0.1) is 12.8 Å². The van der Waals surface area contributed by atoms with Crippen molar-refractivity contribution in [3.8, 4) is 0 Å². The van der Waals surface area contributed by atoms with Crippen molar-refractivity contribution >= 4 is 17.5 Å². The molecule has 0 saturated carbocycles. The molecule has 6 heteroatoms. The molecule has 104 valence electrons. The number of amides is 1. The molecule has 3 heterocycles. The zero-order chi connectivity index (χ0) is 13.6. The molecule has 2 aliphatic rings. The number of nitrogens with zero attached hydrogens (tertiary/aromatic N) is 3. The van der Waals surface area contributed by atoms with E-state index in [1.54, 1.807) is 4.68 Å². The third-order valence-corrected chi connectivity index (χ3v) is 4.72. The Balaban J connectivity index is 1.79. The van der Waals surface area contributed by atoms with E-state index in [0.29, 0.717) is 17.6 Å². The van der Waals surface area contributed by atoms with Gasteiger partial charge in [-0.2, -0.15) is 5.10 Å². The number of likely N-dealkylation sites (tertiary alicyclic amines) is 1. The fourth-order valence-corrected chi connectivity index (χ4v) is 3.40. The van der Waals surface area contributed by atoms with Gasteiger partial charge >= 0.3 is 0 Å². The second kappa shape index (κ2) is 4.80. The van der Waals surface area contributed by atoms with Crippen LogP contribution in [0.15, 0.2) is 0 Å². The number of nitrogens with one attached hydrogen (secondary N) is 1. The molecule has 1 aromatic rings. The van der Waals surface area contributed by atoms with Crippen LogP contribution in [0.5, 0.6) is 0 Å². The molecule has 0 bridgehead atoms. The predicted molar refractivity (Wildman–Crippen MR) is 72.9 cm³/mol. The lowest BCUT2D eigenvalue weighted by atomic mass is 9.94. The highest BCUT2D eigenvalue weighted by atomic mass is 35.5. The van der Waals surface area contributed by atoms with Gasteiger partial charge in [0.1, 0.15) is 0 Å². The van der Waals surface area contributed by atoms with E-state index in [0.717, 1.165) is 37.3 Å². The molecule has 1 N–H and O–H groups in total. The van der Waals surface area contributed by atoms with Gasteiger partial charge in [-0.15, -0.1) is 0 Å². The minimum atomic E-state index is 0.154. The van der Waals surface area contributed by atoms with Crippen LogP contribution >= 0.6 is 11.6 Å². The number of carbonyl (C=O) groups excluding carboxylic acids is 1. The lowest BCUT2D eigenvalue weighted by molar-refractivity contribution is -0.132. The second-order valence-electron chi connectivity index (χ2n) is 5.50. The van der Waals surface area contributed by atoms with Gasteiger partial charge in [0.15, 0.2) is 0 Å². The third kappa shape index (κ3) is 2.15. The van der Waals surface area contributed by atoms with Crippen LogP contribution in [-0.2, 0) is 18.4 Å². The smallest absolute Gasteiger partial charge is 0.227 e. The third-order valence-electron chi connectivity index (χ3n) is 4.23. The SMILES string of the molecule is Cc1nn(C)c(CN2CC3NCCCC3C2=O)c1Cl. The molecule has 1 amide bonds. The van der Waals surface area contributed by atoms with E-state index in [9.17, 15) is 4.79 Å². The molecule has 3 rings (SSSR count). The van der Waals surface area contributed by atoms with Crippen molar-refractivity contribution in [1.29, 1.82) is 0 Å². The topological polar surface area (TPSA) is 50.2 Å². The van der Waals surface area contributed by atoms with Gasteiger partial charge in [-0.1, -0.05) is 11.6 Å². The Morgan fingerprint density at radius 1 is 1.53 bits per heavy atom. The van der Waals surface area contributed by atoms with E-state index in [1.807, 2.05) is 18.9 Å². The van der Waals surface area contributed by atoms with Gasteiger partial charge in [-0.3, -0.25) is 9.48 Å². The van der Waals surface area contributed by atoms with Gasteiger partial charge in [-0.25, -0.2) is 0 Å². The molecule has 2 fully saturated rings. The van der Waals surface area contributed by atoms with E-state index in [-0.39, 0.29) is 11.8 Å². The number of aromatic nitrogens is 2. The first kappa shape index (κ1) is 12.9. The fourth-order valence-electron chi connectivity index (χ4n) is 3.18. The zero-order valence-electron chi connectivity index (χ0n) is 11.3. The molecule has 1 aromatic heterocycles. The molecule has 0 spiro atoms. The van der Waals surface area contributed by atoms with Crippen molar-refractivity contribution in [3.05, 3.63) is 16.4 Å². The maximum atomic E-state index is 12.4. The van der Waals surface area contributed by atoms with Crippen LogP contribution in [0.1, 0.15) is 24.2 Å². The summed E-state index contributed by atoms with van der Waals surface area (Å²) in [5.74, 6) is 0.411. The molecule has 2 saturated heterocycles. The number of hydrogen-bond donors (Lipinski definition) is 1. The molecular formula is C13H19ClN4O. The predicted octanol–water partition coefficient (Wildman–Crippen LogP) is 1.09. The Morgan fingerprint density at radius 2 is 2.32 bits per heavy atom. The van der Waals surface area contributed by atoms with Crippen molar-refractivity contribution in [2.45, 2.75) is 32.4 Å².